The van der Waals surface area contributed by atoms with E-state index in [2.05, 4.69) is 35.2 Å². The monoisotopic (exact) mass is 267 g/mol. The summed E-state index contributed by atoms with van der Waals surface area (Å²) in [6, 6.07) is 2.59. The zero-order valence-electron chi connectivity index (χ0n) is 11.6. The molecule has 0 aliphatic heterocycles. The summed E-state index contributed by atoms with van der Waals surface area (Å²) in [5.74, 6) is 1.17. The van der Waals surface area contributed by atoms with Crippen molar-refractivity contribution in [2.24, 2.45) is 7.05 Å². The molecule has 1 saturated carbocycles. The van der Waals surface area contributed by atoms with Crippen LogP contribution in [0.15, 0.2) is 12.3 Å². The fraction of sp³-hybridized carbons (Fsp3) is 0.786. The van der Waals surface area contributed by atoms with Crippen LogP contribution in [-0.4, -0.2) is 27.3 Å². The summed E-state index contributed by atoms with van der Waals surface area (Å²) in [6.07, 6.45) is 8.76. The predicted molar refractivity (Wildman–Crippen MR) is 79.0 cm³/mol. The van der Waals surface area contributed by atoms with Gasteiger partial charge in [-0.2, -0.15) is 16.9 Å². The number of nitrogens with zero attached hydrogens (tertiary/aromatic N) is 2. The van der Waals surface area contributed by atoms with Crippen molar-refractivity contribution in [2.75, 3.05) is 12.3 Å². The molecule has 0 radical (unpaired) electrons. The van der Waals surface area contributed by atoms with Crippen LogP contribution in [0, 0.1) is 0 Å². The number of thioether (sulfide) groups is 1. The van der Waals surface area contributed by atoms with Crippen LogP contribution in [0.4, 0.5) is 0 Å². The summed E-state index contributed by atoms with van der Waals surface area (Å²) in [5.41, 5.74) is 1.31. The first kappa shape index (κ1) is 13.9. The molecule has 1 unspecified atom stereocenters. The number of hydrogen-bond donors (Lipinski definition) is 1. The molecule has 0 amide bonds. The molecule has 1 aromatic heterocycles. The van der Waals surface area contributed by atoms with Crippen molar-refractivity contribution >= 4 is 11.8 Å². The van der Waals surface area contributed by atoms with E-state index in [9.17, 15) is 0 Å². The lowest BCUT2D eigenvalue weighted by Gasteiger charge is -2.20. The molecular weight excluding hydrogens is 242 g/mol. The highest BCUT2D eigenvalue weighted by atomic mass is 32.2. The lowest BCUT2D eigenvalue weighted by Crippen LogP contribution is -2.26. The van der Waals surface area contributed by atoms with Crippen molar-refractivity contribution < 1.29 is 0 Å². The molecule has 4 heteroatoms. The van der Waals surface area contributed by atoms with Crippen LogP contribution in [-0.2, 0) is 7.05 Å². The second kappa shape index (κ2) is 7.19. The zero-order chi connectivity index (χ0) is 12.8. The molecule has 0 bridgehead atoms. The molecule has 0 spiro atoms. The largest absolute Gasteiger partial charge is 0.308 e. The summed E-state index contributed by atoms with van der Waals surface area (Å²) >= 11 is 2.15. The average Bonchev–Trinajstić information content (AvgIpc) is 3.01. The summed E-state index contributed by atoms with van der Waals surface area (Å²) < 4.78 is 2.00. The summed E-state index contributed by atoms with van der Waals surface area (Å²) in [4.78, 5) is 0. The van der Waals surface area contributed by atoms with Gasteiger partial charge in [0, 0.05) is 24.2 Å². The molecule has 1 aromatic rings. The van der Waals surface area contributed by atoms with Gasteiger partial charge in [0.2, 0.25) is 0 Å². The molecule has 102 valence electrons. The van der Waals surface area contributed by atoms with E-state index in [0.717, 1.165) is 11.8 Å². The maximum absolute atomic E-state index is 4.29. The molecule has 1 aliphatic carbocycles. The van der Waals surface area contributed by atoms with Crippen molar-refractivity contribution in [3.63, 3.8) is 0 Å². The van der Waals surface area contributed by atoms with E-state index in [0.29, 0.717) is 6.04 Å². The second-order valence-corrected chi connectivity index (χ2v) is 6.46. The molecule has 2 rings (SSSR count). The quantitative estimate of drug-likeness (QED) is 0.823. The molecule has 18 heavy (non-hydrogen) atoms. The Kier molecular flexibility index (Phi) is 5.57. The maximum Gasteiger partial charge on any atom is 0.0583 e. The average molecular weight is 267 g/mol. The van der Waals surface area contributed by atoms with Gasteiger partial charge in [-0.05, 0) is 31.9 Å². The Labute approximate surface area is 115 Å². The first-order valence-electron chi connectivity index (χ1n) is 7.14. The normalized spacial score (nSPS) is 18.3. The fourth-order valence-corrected chi connectivity index (χ4v) is 4.00. The SMILES string of the molecule is CCCNC(CSC1CCCC1)c1ccnn1C. The van der Waals surface area contributed by atoms with Gasteiger partial charge in [0.05, 0.1) is 11.7 Å². The van der Waals surface area contributed by atoms with E-state index < -0.39 is 0 Å². The highest BCUT2D eigenvalue weighted by molar-refractivity contribution is 7.99. The molecule has 3 nitrogen and oxygen atoms in total. The Morgan fingerprint density at radius 2 is 2.28 bits per heavy atom. The van der Waals surface area contributed by atoms with Gasteiger partial charge < -0.3 is 5.32 Å². The van der Waals surface area contributed by atoms with Crippen molar-refractivity contribution in [3.8, 4) is 0 Å². The van der Waals surface area contributed by atoms with Gasteiger partial charge in [-0.25, -0.2) is 0 Å². The summed E-state index contributed by atoms with van der Waals surface area (Å²) in [5, 5.41) is 8.84. The molecule has 0 saturated heterocycles. The minimum absolute atomic E-state index is 0.447. The number of aromatic nitrogens is 2. The Morgan fingerprint density at radius 1 is 1.50 bits per heavy atom. The van der Waals surface area contributed by atoms with E-state index in [-0.39, 0.29) is 0 Å². The van der Waals surface area contributed by atoms with Crippen LogP contribution < -0.4 is 5.32 Å². The molecule has 1 heterocycles. The Morgan fingerprint density at radius 3 is 2.89 bits per heavy atom. The first-order chi connectivity index (χ1) is 8.81. The minimum atomic E-state index is 0.447. The van der Waals surface area contributed by atoms with Crippen LogP contribution in [0.5, 0.6) is 0 Å². The molecule has 1 N–H and O–H groups in total. The Balaban J connectivity index is 1.90. The molecule has 1 atom stereocenters. The third-order valence-electron chi connectivity index (χ3n) is 3.66. The van der Waals surface area contributed by atoms with Crippen LogP contribution in [0.3, 0.4) is 0 Å². The third kappa shape index (κ3) is 3.75. The molecule has 0 aromatic carbocycles. The lowest BCUT2D eigenvalue weighted by molar-refractivity contribution is 0.534. The number of hydrogen-bond acceptors (Lipinski definition) is 3. The van der Waals surface area contributed by atoms with Crippen LogP contribution in [0.1, 0.15) is 50.8 Å². The van der Waals surface area contributed by atoms with Gasteiger partial charge in [-0.1, -0.05) is 19.8 Å². The number of aryl methyl sites for hydroxylation is 1. The van der Waals surface area contributed by atoms with E-state index >= 15 is 0 Å². The van der Waals surface area contributed by atoms with E-state index in [1.54, 1.807) is 0 Å². The van der Waals surface area contributed by atoms with Crippen molar-refractivity contribution in [3.05, 3.63) is 18.0 Å². The highest BCUT2D eigenvalue weighted by Gasteiger charge is 2.19. The van der Waals surface area contributed by atoms with Crippen LogP contribution in [0.2, 0.25) is 0 Å². The minimum Gasteiger partial charge on any atom is -0.308 e. The van der Waals surface area contributed by atoms with E-state index in [1.165, 1.54) is 43.6 Å². The first-order valence-corrected chi connectivity index (χ1v) is 8.19. The van der Waals surface area contributed by atoms with Crippen LogP contribution >= 0.6 is 11.8 Å². The summed E-state index contributed by atoms with van der Waals surface area (Å²) in [7, 11) is 2.04. The summed E-state index contributed by atoms with van der Waals surface area (Å²) in [6.45, 7) is 3.30. The second-order valence-electron chi connectivity index (χ2n) is 5.13. The smallest absolute Gasteiger partial charge is 0.0583 e. The predicted octanol–water partition coefficient (Wildman–Crippen LogP) is 3.14. The van der Waals surface area contributed by atoms with Crippen molar-refractivity contribution in [2.45, 2.75) is 50.3 Å². The van der Waals surface area contributed by atoms with Gasteiger partial charge in [0.25, 0.3) is 0 Å². The van der Waals surface area contributed by atoms with Gasteiger partial charge in [-0.15, -0.1) is 0 Å². The van der Waals surface area contributed by atoms with Gasteiger partial charge >= 0.3 is 0 Å². The zero-order valence-corrected chi connectivity index (χ0v) is 12.4. The van der Waals surface area contributed by atoms with Crippen molar-refractivity contribution in [1.29, 1.82) is 0 Å². The topological polar surface area (TPSA) is 29.9 Å². The van der Waals surface area contributed by atoms with Gasteiger partial charge in [0.15, 0.2) is 0 Å². The molecule has 1 fully saturated rings. The molecule has 1 aliphatic rings. The number of nitrogens with one attached hydrogen (secondary N) is 1. The van der Waals surface area contributed by atoms with Gasteiger partial charge in [0.1, 0.15) is 0 Å². The Hall–Kier alpha value is -0.480. The van der Waals surface area contributed by atoms with E-state index in [1.807, 2.05) is 17.9 Å². The molecular formula is C14H25N3S. The lowest BCUT2D eigenvalue weighted by atomic mass is 10.2. The van der Waals surface area contributed by atoms with Crippen LogP contribution in [0.25, 0.3) is 0 Å². The maximum atomic E-state index is 4.29. The number of rotatable bonds is 7. The Bertz CT molecular complexity index is 345. The van der Waals surface area contributed by atoms with Gasteiger partial charge in [-0.3, -0.25) is 4.68 Å². The highest BCUT2D eigenvalue weighted by Crippen LogP contribution is 2.31. The third-order valence-corrected chi connectivity index (χ3v) is 5.13. The standard InChI is InChI=1S/C14H25N3S/c1-3-9-15-13(14-8-10-16-17(14)2)11-18-12-6-4-5-7-12/h8,10,12-13,15H,3-7,9,11H2,1-2H3. The van der Waals surface area contributed by atoms with Crippen molar-refractivity contribution in [1.82, 2.24) is 15.1 Å². The fourth-order valence-electron chi connectivity index (χ4n) is 2.58. The van der Waals surface area contributed by atoms with E-state index in [4.69, 9.17) is 0 Å².